The van der Waals surface area contributed by atoms with Crippen molar-refractivity contribution in [2.45, 2.75) is 12.4 Å². The van der Waals surface area contributed by atoms with Crippen LogP contribution in [0.1, 0.15) is 0 Å². The van der Waals surface area contributed by atoms with Gasteiger partial charge in [0.15, 0.2) is 0 Å². The van der Waals surface area contributed by atoms with Gasteiger partial charge in [-0.3, -0.25) is 0 Å². The van der Waals surface area contributed by atoms with Gasteiger partial charge in [-0.2, -0.15) is 26.3 Å². The van der Waals surface area contributed by atoms with Gasteiger partial charge in [-0.05, 0) is 10.7 Å². The first-order valence-corrected chi connectivity index (χ1v) is 3.01. The Morgan fingerprint density at radius 2 is 0.750 bits per heavy atom. The van der Waals surface area contributed by atoms with Gasteiger partial charge >= 0.3 is 12.4 Å². The zero-order valence-corrected chi connectivity index (χ0v) is 6.67. The molecule has 0 aliphatic rings. The molecule has 0 radical (unpaired) electrons. The average Bonchev–Trinajstić information content (AvgIpc) is 1.92. The smallest absolute Gasteiger partial charge is 0.164 e. The van der Waals surface area contributed by atoms with Crippen LogP contribution in [0.4, 0.5) is 44.3 Å². The molecule has 0 aromatic rings. The van der Waals surface area contributed by atoms with Crippen LogP contribution in [0, 0.1) is 0 Å². The number of alkyl halides is 6. The third-order valence-electron chi connectivity index (χ3n) is 1.10. The highest BCUT2D eigenvalue weighted by Gasteiger charge is 2.53. The van der Waals surface area contributed by atoms with E-state index in [0.29, 0.717) is 0 Å². The van der Waals surface area contributed by atoms with E-state index in [4.69, 9.17) is 0 Å². The van der Waals surface area contributed by atoms with Crippen molar-refractivity contribution in [2.24, 2.45) is 0 Å². The van der Waals surface area contributed by atoms with E-state index in [1.807, 2.05) is 0 Å². The molecule has 0 unspecified atom stereocenters. The van der Waals surface area contributed by atoms with E-state index in [2.05, 4.69) is 0 Å². The van der Waals surface area contributed by atoms with Gasteiger partial charge in [-0.1, -0.05) is 17.9 Å². The highest BCUT2D eigenvalue weighted by atomic mass is 19.4. The fraction of sp³-hybridized carbons (Fsp3) is 0.500. The minimum Gasteiger partial charge on any atom is -0.164 e. The topological polar surface area (TPSA) is 6.48 Å². The van der Waals surface area contributed by atoms with Crippen molar-refractivity contribution < 1.29 is 44.3 Å². The summed E-state index contributed by atoms with van der Waals surface area (Å²) in [4.78, 5) is 0. The summed E-state index contributed by atoms with van der Waals surface area (Å²) in [7, 11) is 0. The number of rotatable bonds is 2. The zero-order valence-electron chi connectivity index (χ0n) is 6.67. The molecule has 0 aliphatic carbocycles. The van der Waals surface area contributed by atoms with Gasteiger partial charge in [0.25, 0.3) is 0 Å². The summed E-state index contributed by atoms with van der Waals surface area (Å²) >= 11 is 0. The lowest BCUT2D eigenvalue weighted by molar-refractivity contribution is -0.237. The predicted octanol–water partition coefficient (Wildman–Crippen LogP) is 3.46. The molecule has 0 saturated heterocycles. The highest BCUT2D eigenvalue weighted by Crippen LogP contribution is 2.40. The average molecular weight is 266 g/mol. The SMILES string of the molecule is FN(F)C(=C(N(F)F)C(F)(F)F)C(F)(F)F. The Hall–Kier alpha value is -1.36. The summed E-state index contributed by atoms with van der Waals surface area (Å²) in [5.41, 5.74) is -7.60. The van der Waals surface area contributed by atoms with E-state index in [0.717, 1.165) is 0 Å². The van der Waals surface area contributed by atoms with Gasteiger partial charge in [0.2, 0.25) is 11.4 Å². The van der Waals surface area contributed by atoms with Crippen molar-refractivity contribution >= 4 is 0 Å². The van der Waals surface area contributed by atoms with Gasteiger partial charge in [-0.25, -0.2) is 0 Å². The summed E-state index contributed by atoms with van der Waals surface area (Å²) in [5.74, 6) is 0. The maximum absolute atomic E-state index is 11.7. The van der Waals surface area contributed by atoms with Crippen molar-refractivity contribution in [2.75, 3.05) is 0 Å². The lowest BCUT2D eigenvalue weighted by atomic mass is 10.3. The molecular formula is C4F10N2. The molecule has 0 saturated carbocycles. The molecule has 0 fully saturated rings. The summed E-state index contributed by atoms with van der Waals surface area (Å²) in [6.07, 6.45) is -12.6. The molecule has 96 valence electrons. The van der Waals surface area contributed by atoms with Crippen LogP contribution in [0.25, 0.3) is 0 Å². The molecule has 0 amide bonds. The van der Waals surface area contributed by atoms with Crippen LogP contribution in [0.5, 0.6) is 0 Å². The van der Waals surface area contributed by atoms with Crippen molar-refractivity contribution in [3.63, 3.8) is 0 Å². The lowest BCUT2D eigenvalue weighted by Crippen LogP contribution is -2.32. The summed E-state index contributed by atoms with van der Waals surface area (Å²) in [6, 6.07) is 0. The van der Waals surface area contributed by atoms with Gasteiger partial charge in [0.1, 0.15) is 0 Å². The van der Waals surface area contributed by atoms with E-state index >= 15 is 0 Å². The van der Waals surface area contributed by atoms with Crippen LogP contribution < -0.4 is 0 Å². The molecule has 0 atom stereocenters. The standard InChI is InChI=1S/C4F10N2/c5-3(6,7)1(15(11)12)2(16(13)14)4(8,9)10. The molecule has 0 N–H and O–H groups in total. The lowest BCUT2D eigenvalue weighted by Gasteiger charge is -2.19. The van der Waals surface area contributed by atoms with Crippen LogP contribution in [0.15, 0.2) is 11.4 Å². The first kappa shape index (κ1) is 14.6. The van der Waals surface area contributed by atoms with Crippen LogP contribution in [0.3, 0.4) is 0 Å². The zero-order chi connectivity index (χ0) is 13.3. The molecule has 0 rings (SSSR count). The third-order valence-corrected chi connectivity index (χ3v) is 1.10. The second-order valence-corrected chi connectivity index (χ2v) is 2.16. The minimum absolute atomic E-state index is 3.07. The van der Waals surface area contributed by atoms with Crippen LogP contribution in [-0.4, -0.2) is 23.0 Å². The van der Waals surface area contributed by atoms with E-state index in [1.54, 1.807) is 0 Å². The third kappa shape index (κ3) is 3.34. The number of allylic oxidation sites excluding steroid dienone is 2. The van der Waals surface area contributed by atoms with Crippen molar-refractivity contribution in [1.82, 2.24) is 10.7 Å². The van der Waals surface area contributed by atoms with Crippen molar-refractivity contribution in [1.29, 1.82) is 0 Å². The second kappa shape index (κ2) is 4.25. The number of hydrogen-bond acceptors (Lipinski definition) is 2. The van der Waals surface area contributed by atoms with E-state index in [-0.39, 0.29) is 0 Å². The van der Waals surface area contributed by atoms with Gasteiger partial charge in [-0.15, -0.1) is 0 Å². The van der Waals surface area contributed by atoms with E-state index in [9.17, 15) is 44.3 Å². The van der Waals surface area contributed by atoms with Gasteiger partial charge in [0.05, 0.1) is 0 Å². The van der Waals surface area contributed by atoms with Crippen LogP contribution in [-0.2, 0) is 0 Å². The highest BCUT2D eigenvalue weighted by molar-refractivity contribution is 5.17. The summed E-state index contributed by atoms with van der Waals surface area (Å²) < 4.78 is 116. The fourth-order valence-electron chi connectivity index (χ4n) is 0.620. The molecule has 0 spiro atoms. The molecule has 0 aromatic heterocycles. The molecule has 0 aromatic carbocycles. The number of halogens is 10. The Bertz CT molecular complexity index is 244. The van der Waals surface area contributed by atoms with Crippen LogP contribution >= 0.6 is 0 Å². The molecule has 0 aliphatic heterocycles. The quantitative estimate of drug-likeness (QED) is 0.557. The predicted molar refractivity (Wildman–Crippen MR) is 27.2 cm³/mol. The number of nitrogens with zero attached hydrogens (tertiary/aromatic N) is 2. The maximum Gasteiger partial charge on any atom is 0.438 e. The van der Waals surface area contributed by atoms with E-state index < -0.39 is 34.4 Å². The number of hydrogen-bond donors (Lipinski definition) is 0. The minimum atomic E-state index is -6.29. The Balaban J connectivity index is 5.87. The van der Waals surface area contributed by atoms with E-state index in [1.165, 1.54) is 0 Å². The van der Waals surface area contributed by atoms with Gasteiger partial charge < -0.3 is 0 Å². The monoisotopic (exact) mass is 266 g/mol. The van der Waals surface area contributed by atoms with Crippen molar-refractivity contribution in [3.8, 4) is 0 Å². The summed E-state index contributed by atoms with van der Waals surface area (Å²) in [5, 5.41) is -6.15. The Labute approximate surface area is 80.1 Å². The summed E-state index contributed by atoms with van der Waals surface area (Å²) in [6.45, 7) is 0. The Morgan fingerprint density at radius 3 is 0.812 bits per heavy atom. The first-order chi connectivity index (χ1) is 6.89. The molecule has 0 bridgehead atoms. The van der Waals surface area contributed by atoms with Crippen LogP contribution in [0.2, 0.25) is 0 Å². The molecule has 2 nitrogen and oxygen atoms in total. The second-order valence-electron chi connectivity index (χ2n) is 2.16. The normalized spacial score (nSPS) is 14.6. The molecule has 0 heterocycles. The van der Waals surface area contributed by atoms with Crippen molar-refractivity contribution in [3.05, 3.63) is 11.4 Å². The largest absolute Gasteiger partial charge is 0.438 e. The maximum atomic E-state index is 11.7. The molecule has 12 heteroatoms. The first-order valence-electron chi connectivity index (χ1n) is 3.01. The molecule has 16 heavy (non-hydrogen) atoms. The Morgan fingerprint density at radius 1 is 0.562 bits per heavy atom. The van der Waals surface area contributed by atoms with Gasteiger partial charge in [0, 0.05) is 0 Å². The molecular weight excluding hydrogens is 266 g/mol. The Kier molecular flexibility index (Phi) is 3.89. The fourth-order valence-corrected chi connectivity index (χ4v) is 0.620.